The first-order chi connectivity index (χ1) is 11.6. The second-order valence-corrected chi connectivity index (χ2v) is 6.42. The van der Waals surface area contributed by atoms with E-state index in [1.54, 1.807) is 24.3 Å². The van der Waals surface area contributed by atoms with Crippen molar-refractivity contribution in [1.82, 2.24) is 8.94 Å². The molecule has 0 radical (unpaired) electrons. The molecule has 0 unspecified atom stereocenters. The van der Waals surface area contributed by atoms with Crippen LogP contribution >= 0.6 is 23.1 Å². The number of hydrogen-bond acceptors (Lipinski definition) is 4. The SMILES string of the molecule is Cc1ccc(/N=c2\s[nH]c(=O)n2Cc2cccc(C#N)c2)cc1Cl. The molecular weight excluding hydrogens is 344 g/mol. The highest BCUT2D eigenvalue weighted by Crippen LogP contribution is 2.21. The number of nitrogens with one attached hydrogen (secondary N) is 1. The molecule has 0 aliphatic heterocycles. The molecule has 24 heavy (non-hydrogen) atoms. The van der Waals surface area contributed by atoms with E-state index in [0.29, 0.717) is 27.6 Å². The molecule has 2 aromatic carbocycles. The van der Waals surface area contributed by atoms with Gasteiger partial charge in [-0.25, -0.2) is 9.79 Å². The minimum Gasteiger partial charge on any atom is -0.263 e. The van der Waals surface area contributed by atoms with Crippen LogP contribution in [0.5, 0.6) is 0 Å². The molecule has 120 valence electrons. The molecule has 0 fully saturated rings. The first-order valence-corrected chi connectivity index (χ1v) is 8.34. The monoisotopic (exact) mass is 356 g/mol. The minimum absolute atomic E-state index is 0.237. The summed E-state index contributed by atoms with van der Waals surface area (Å²) >= 11 is 7.29. The summed E-state index contributed by atoms with van der Waals surface area (Å²) in [5.74, 6) is 0. The number of halogens is 1. The number of aryl methyl sites for hydroxylation is 1. The Morgan fingerprint density at radius 3 is 2.92 bits per heavy atom. The van der Waals surface area contributed by atoms with Crippen molar-refractivity contribution in [3.8, 4) is 6.07 Å². The van der Waals surface area contributed by atoms with E-state index in [1.807, 2.05) is 25.1 Å². The van der Waals surface area contributed by atoms with E-state index in [4.69, 9.17) is 16.9 Å². The third-order valence-corrected chi connectivity index (χ3v) is 4.66. The number of aromatic nitrogens is 2. The number of H-pyrrole nitrogens is 1. The number of nitrogens with zero attached hydrogens (tertiary/aromatic N) is 3. The van der Waals surface area contributed by atoms with E-state index in [9.17, 15) is 4.79 Å². The fourth-order valence-corrected chi connectivity index (χ4v) is 3.06. The topological polar surface area (TPSA) is 73.9 Å². The molecule has 1 heterocycles. The van der Waals surface area contributed by atoms with Gasteiger partial charge in [-0.15, -0.1) is 0 Å². The van der Waals surface area contributed by atoms with E-state index in [2.05, 4.69) is 15.4 Å². The van der Waals surface area contributed by atoms with Gasteiger partial charge in [0.05, 0.1) is 23.9 Å². The van der Waals surface area contributed by atoms with Crippen LogP contribution in [0.15, 0.2) is 52.3 Å². The van der Waals surface area contributed by atoms with Crippen molar-refractivity contribution in [2.75, 3.05) is 0 Å². The quantitative estimate of drug-likeness (QED) is 0.781. The van der Waals surface area contributed by atoms with Gasteiger partial charge in [0.1, 0.15) is 0 Å². The highest BCUT2D eigenvalue weighted by atomic mass is 35.5. The number of rotatable bonds is 3. The third-order valence-electron chi connectivity index (χ3n) is 3.48. The molecule has 7 heteroatoms. The summed E-state index contributed by atoms with van der Waals surface area (Å²) < 4.78 is 4.23. The van der Waals surface area contributed by atoms with Gasteiger partial charge >= 0.3 is 5.69 Å². The second kappa shape index (κ2) is 6.87. The van der Waals surface area contributed by atoms with E-state index in [1.165, 1.54) is 4.57 Å². The van der Waals surface area contributed by atoms with E-state index in [-0.39, 0.29) is 5.69 Å². The molecule has 1 aromatic heterocycles. The zero-order chi connectivity index (χ0) is 17.1. The van der Waals surface area contributed by atoms with Crippen molar-refractivity contribution in [2.45, 2.75) is 13.5 Å². The van der Waals surface area contributed by atoms with Gasteiger partial charge in [-0.05, 0) is 53.8 Å². The second-order valence-electron chi connectivity index (χ2n) is 5.24. The summed E-state index contributed by atoms with van der Waals surface area (Å²) in [6, 6.07) is 14.8. The minimum atomic E-state index is -0.237. The first kappa shape index (κ1) is 16.2. The first-order valence-electron chi connectivity index (χ1n) is 7.15. The van der Waals surface area contributed by atoms with Gasteiger partial charge in [0, 0.05) is 5.02 Å². The summed E-state index contributed by atoms with van der Waals surface area (Å²) in [4.78, 5) is 17.1. The van der Waals surface area contributed by atoms with Crippen molar-refractivity contribution in [2.24, 2.45) is 4.99 Å². The predicted molar refractivity (Wildman–Crippen MR) is 94.6 cm³/mol. The number of hydrogen-bond donors (Lipinski definition) is 1. The Morgan fingerprint density at radius 1 is 1.33 bits per heavy atom. The van der Waals surface area contributed by atoms with Gasteiger partial charge in [0.25, 0.3) is 0 Å². The Labute approximate surface area is 147 Å². The maximum Gasteiger partial charge on any atom is 0.337 e. The van der Waals surface area contributed by atoms with Crippen LogP contribution in [0.1, 0.15) is 16.7 Å². The van der Waals surface area contributed by atoms with E-state index in [0.717, 1.165) is 22.7 Å². The summed E-state index contributed by atoms with van der Waals surface area (Å²) in [5.41, 5.74) is 2.84. The van der Waals surface area contributed by atoms with Gasteiger partial charge in [-0.3, -0.25) is 8.94 Å². The molecular formula is C17H13ClN4OS. The Kier molecular flexibility index (Phi) is 4.65. The van der Waals surface area contributed by atoms with Crippen molar-refractivity contribution < 1.29 is 0 Å². The van der Waals surface area contributed by atoms with Gasteiger partial charge in [0.15, 0.2) is 0 Å². The number of nitriles is 1. The smallest absolute Gasteiger partial charge is 0.263 e. The van der Waals surface area contributed by atoms with Crippen LogP contribution in [0.2, 0.25) is 5.02 Å². The summed E-state index contributed by atoms with van der Waals surface area (Å²) in [6.45, 7) is 2.26. The lowest BCUT2D eigenvalue weighted by atomic mass is 10.1. The molecule has 0 aliphatic carbocycles. The number of benzene rings is 2. The standard InChI is InChI=1S/C17H13ClN4OS/c1-11-5-6-14(8-15(11)18)20-17-22(16(23)21-24-17)10-13-4-2-3-12(7-13)9-19/h2-8H,10H2,1H3,(H,21,23)/b20-17-. The molecule has 0 bridgehead atoms. The summed E-state index contributed by atoms with van der Waals surface area (Å²) in [6.07, 6.45) is 0. The highest BCUT2D eigenvalue weighted by molar-refractivity contribution is 7.02. The zero-order valence-electron chi connectivity index (χ0n) is 12.8. The van der Waals surface area contributed by atoms with Crippen molar-refractivity contribution in [3.63, 3.8) is 0 Å². The summed E-state index contributed by atoms with van der Waals surface area (Å²) in [5, 5.41) is 9.62. The lowest BCUT2D eigenvalue weighted by molar-refractivity contribution is 0.727. The Bertz CT molecular complexity index is 1060. The molecule has 0 amide bonds. The lowest BCUT2D eigenvalue weighted by Gasteiger charge is -2.03. The molecule has 0 saturated heterocycles. The lowest BCUT2D eigenvalue weighted by Crippen LogP contribution is -2.27. The Balaban J connectivity index is 2.02. The largest absolute Gasteiger partial charge is 0.337 e. The Morgan fingerprint density at radius 2 is 2.17 bits per heavy atom. The maximum atomic E-state index is 12.1. The average Bonchev–Trinajstić information content (AvgIpc) is 2.91. The summed E-state index contributed by atoms with van der Waals surface area (Å²) in [7, 11) is 0. The molecule has 1 N–H and O–H groups in total. The van der Waals surface area contributed by atoms with Crippen LogP contribution in [0.25, 0.3) is 0 Å². The van der Waals surface area contributed by atoms with Crippen LogP contribution in [0.3, 0.4) is 0 Å². The van der Waals surface area contributed by atoms with Crippen molar-refractivity contribution in [3.05, 3.63) is 79.5 Å². The van der Waals surface area contributed by atoms with Gasteiger partial charge in [0.2, 0.25) is 4.80 Å². The van der Waals surface area contributed by atoms with Crippen LogP contribution in [0, 0.1) is 18.3 Å². The molecule has 0 aliphatic rings. The van der Waals surface area contributed by atoms with Gasteiger partial charge in [-0.1, -0.05) is 29.8 Å². The van der Waals surface area contributed by atoms with E-state index >= 15 is 0 Å². The normalized spacial score (nSPS) is 11.5. The average molecular weight is 357 g/mol. The van der Waals surface area contributed by atoms with Crippen LogP contribution in [0.4, 0.5) is 5.69 Å². The van der Waals surface area contributed by atoms with Crippen LogP contribution in [-0.2, 0) is 6.54 Å². The Hall–Kier alpha value is -2.62. The van der Waals surface area contributed by atoms with Gasteiger partial charge < -0.3 is 0 Å². The van der Waals surface area contributed by atoms with Crippen LogP contribution in [-0.4, -0.2) is 8.94 Å². The molecule has 5 nitrogen and oxygen atoms in total. The molecule has 0 spiro atoms. The molecule has 0 atom stereocenters. The maximum absolute atomic E-state index is 12.1. The molecule has 3 rings (SSSR count). The molecule has 0 saturated carbocycles. The number of aromatic amines is 1. The van der Waals surface area contributed by atoms with Crippen molar-refractivity contribution >= 4 is 28.8 Å². The fraction of sp³-hybridized carbons (Fsp3) is 0.118. The van der Waals surface area contributed by atoms with Crippen LogP contribution < -0.4 is 10.5 Å². The highest BCUT2D eigenvalue weighted by Gasteiger charge is 2.05. The van der Waals surface area contributed by atoms with Crippen molar-refractivity contribution in [1.29, 1.82) is 5.26 Å². The van der Waals surface area contributed by atoms with E-state index < -0.39 is 0 Å². The predicted octanol–water partition coefficient (Wildman–Crippen LogP) is 3.35. The molecule has 3 aromatic rings. The third kappa shape index (κ3) is 3.48. The zero-order valence-corrected chi connectivity index (χ0v) is 14.4. The fourth-order valence-electron chi connectivity index (χ4n) is 2.19. The van der Waals surface area contributed by atoms with Gasteiger partial charge in [-0.2, -0.15) is 5.26 Å².